The molecule has 2 aliphatic rings. The fraction of sp³-hybridized carbons (Fsp3) is 0.731. The van der Waals surface area contributed by atoms with Crippen molar-refractivity contribution >= 4 is 25.3 Å². The molecule has 0 spiro atoms. The van der Waals surface area contributed by atoms with Gasteiger partial charge < -0.3 is 18.5 Å². The summed E-state index contributed by atoms with van der Waals surface area (Å²) in [5.41, 5.74) is 1.12. The molecule has 37 heavy (non-hydrogen) atoms. The molecule has 11 heteroatoms. The Morgan fingerprint density at radius 1 is 0.838 bits per heavy atom. The maximum Gasteiger partial charge on any atom is 0.341 e. The van der Waals surface area contributed by atoms with Crippen LogP contribution in [-0.4, -0.2) is 50.3 Å². The maximum absolute atomic E-state index is 11.8. The second-order valence-corrected chi connectivity index (χ2v) is 10.4. The summed E-state index contributed by atoms with van der Waals surface area (Å²) in [4.78, 5) is 32.8. The van der Waals surface area contributed by atoms with Crippen molar-refractivity contribution in [1.29, 1.82) is 10.5 Å². The van der Waals surface area contributed by atoms with Gasteiger partial charge in [-0.1, -0.05) is 5.57 Å². The summed E-state index contributed by atoms with van der Waals surface area (Å²) < 4.78 is 31.1. The Morgan fingerprint density at radius 2 is 1.30 bits per heavy atom. The number of nitriles is 2. The molecule has 0 bridgehead atoms. The average molecular weight is 541 g/mol. The van der Waals surface area contributed by atoms with Crippen molar-refractivity contribution in [2.24, 2.45) is 11.8 Å². The maximum atomic E-state index is 11.8. The molecule has 0 aromatic carbocycles. The van der Waals surface area contributed by atoms with Gasteiger partial charge in [-0.3, -0.25) is 14.2 Å². The SMILES string of the molecule is CCOC(=O)C=C1CCC(C#N)CC1.CCOC(=O)CP(=O)(OCC)OCC.N#CC1CCC(=O)CC1. The van der Waals surface area contributed by atoms with Crippen LogP contribution >= 0.6 is 7.60 Å². The van der Waals surface area contributed by atoms with Crippen LogP contribution in [0.1, 0.15) is 79.1 Å². The first-order chi connectivity index (χ1) is 17.7. The summed E-state index contributed by atoms with van der Waals surface area (Å²) in [7, 11) is -3.28. The van der Waals surface area contributed by atoms with Crippen molar-refractivity contribution in [2.75, 3.05) is 32.6 Å². The standard InChI is InChI=1S/C11H15NO2.C8H17O5P.C7H9NO/c1-2-14-11(13)7-9-3-5-10(8-12)6-4-9;1-4-11-8(9)7-14(10,12-5-2)13-6-3;8-5-6-1-3-7(9)4-2-6/h7,10H,2-6H2,1H3;4-7H2,1-3H3;6H,1-4H2. The van der Waals surface area contributed by atoms with Crippen LogP contribution in [0.25, 0.3) is 0 Å². The van der Waals surface area contributed by atoms with Crippen molar-refractivity contribution in [3.8, 4) is 12.1 Å². The third-order valence-corrected chi connectivity index (χ3v) is 7.37. The lowest BCUT2D eigenvalue weighted by Gasteiger charge is -2.17. The molecular weight excluding hydrogens is 499 g/mol. The lowest BCUT2D eigenvalue weighted by Crippen LogP contribution is -2.12. The van der Waals surface area contributed by atoms with Crippen LogP contribution < -0.4 is 0 Å². The van der Waals surface area contributed by atoms with E-state index in [4.69, 9.17) is 24.3 Å². The van der Waals surface area contributed by atoms with E-state index < -0.39 is 13.6 Å². The van der Waals surface area contributed by atoms with Crippen molar-refractivity contribution < 1.29 is 37.5 Å². The summed E-state index contributed by atoms with van der Waals surface area (Å²) in [6.45, 7) is 8.04. The summed E-state index contributed by atoms with van der Waals surface area (Å²) >= 11 is 0. The zero-order valence-corrected chi connectivity index (χ0v) is 23.4. The number of rotatable bonds is 9. The average Bonchev–Trinajstić information content (AvgIpc) is 2.86. The molecule has 2 saturated carbocycles. The van der Waals surface area contributed by atoms with Gasteiger partial charge in [-0.15, -0.1) is 0 Å². The molecule has 0 atom stereocenters. The number of nitrogens with zero attached hydrogens (tertiary/aromatic N) is 2. The van der Waals surface area contributed by atoms with E-state index in [9.17, 15) is 18.9 Å². The Labute approximate surface area is 220 Å². The summed E-state index contributed by atoms with van der Waals surface area (Å²) in [6, 6.07) is 4.43. The number of carbonyl (C=O) groups excluding carboxylic acids is 3. The molecule has 0 unspecified atom stereocenters. The highest BCUT2D eigenvalue weighted by Gasteiger charge is 2.28. The van der Waals surface area contributed by atoms with Crippen LogP contribution in [0, 0.1) is 34.5 Å². The number of esters is 2. The third kappa shape index (κ3) is 16.8. The van der Waals surface area contributed by atoms with Crippen LogP contribution in [-0.2, 0) is 37.5 Å². The molecule has 2 fully saturated rings. The van der Waals surface area contributed by atoms with Gasteiger partial charge in [0.25, 0.3) is 0 Å². The lowest BCUT2D eigenvalue weighted by molar-refractivity contribution is -0.140. The first-order valence-corrected chi connectivity index (χ1v) is 14.6. The van der Waals surface area contributed by atoms with Gasteiger partial charge in [0.05, 0.1) is 38.6 Å². The molecule has 0 heterocycles. The van der Waals surface area contributed by atoms with E-state index >= 15 is 0 Å². The van der Waals surface area contributed by atoms with Gasteiger partial charge in [-0.25, -0.2) is 4.79 Å². The Balaban J connectivity index is 0.000000538. The van der Waals surface area contributed by atoms with E-state index in [0.29, 0.717) is 25.2 Å². The number of hydrogen-bond acceptors (Lipinski definition) is 10. The highest BCUT2D eigenvalue weighted by atomic mass is 31.2. The number of allylic oxidation sites excluding steroid dienone is 1. The molecule has 2 rings (SSSR count). The Bertz CT molecular complexity index is 845. The molecule has 0 saturated heterocycles. The number of ketones is 1. The highest BCUT2D eigenvalue weighted by molar-refractivity contribution is 7.54. The fourth-order valence-corrected chi connectivity index (χ4v) is 5.02. The predicted molar refractivity (Wildman–Crippen MR) is 137 cm³/mol. The second-order valence-electron chi connectivity index (χ2n) is 8.31. The second kappa shape index (κ2) is 20.5. The normalized spacial score (nSPS) is 17.5. The predicted octanol–water partition coefficient (Wildman–Crippen LogP) is 5.27. The van der Waals surface area contributed by atoms with E-state index in [1.54, 1.807) is 33.8 Å². The Hall–Kier alpha value is -2.52. The zero-order chi connectivity index (χ0) is 28.1. The fourth-order valence-electron chi connectivity index (χ4n) is 3.57. The summed E-state index contributed by atoms with van der Waals surface area (Å²) in [5, 5.41) is 17.1. The molecule has 0 aromatic heterocycles. The smallest absolute Gasteiger partial charge is 0.341 e. The molecule has 10 nitrogen and oxygen atoms in total. The lowest BCUT2D eigenvalue weighted by atomic mass is 9.87. The minimum atomic E-state index is -3.28. The molecule has 208 valence electrons. The largest absolute Gasteiger partial charge is 0.466 e. The van der Waals surface area contributed by atoms with Crippen molar-refractivity contribution in [3.05, 3.63) is 11.6 Å². The molecular formula is C26H41N2O8P. The van der Waals surface area contributed by atoms with Crippen LogP contribution in [0.2, 0.25) is 0 Å². The van der Waals surface area contributed by atoms with E-state index in [1.807, 2.05) is 0 Å². The Morgan fingerprint density at radius 3 is 1.70 bits per heavy atom. The van der Waals surface area contributed by atoms with Gasteiger partial charge >= 0.3 is 19.5 Å². The molecule has 0 radical (unpaired) electrons. The van der Waals surface area contributed by atoms with Crippen molar-refractivity contribution in [1.82, 2.24) is 0 Å². The minimum Gasteiger partial charge on any atom is -0.466 e. The van der Waals surface area contributed by atoms with Crippen LogP contribution in [0.3, 0.4) is 0 Å². The summed E-state index contributed by atoms with van der Waals surface area (Å²) in [6.07, 6.45) is 7.55. The van der Waals surface area contributed by atoms with Crippen molar-refractivity contribution in [2.45, 2.75) is 79.1 Å². The van der Waals surface area contributed by atoms with Crippen LogP contribution in [0.15, 0.2) is 11.6 Å². The van der Waals surface area contributed by atoms with Gasteiger partial charge in [0.1, 0.15) is 11.9 Å². The number of carbonyl (C=O) groups is 3. The van der Waals surface area contributed by atoms with Crippen LogP contribution in [0.4, 0.5) is 0 Å². The van der Waals surface area contributed by atoms with Gasteiger partial charge in [-0.05, 0) is 66.2 Å². The molecule has 2 aliphatic carbocycles. The van der Waals surface area contributed by atoms with Gasteiger partial charge in [0, 0.05) is 30.8 Å². The molecule has 0 aliphatic heterocycles. The zero-order valence-electron chi connectivity index (χ0n) is 22.5. The number of ether oxygens (including phenoxy) is 2. The third-order valence-electron chi connectivity index (χ3n) is 5.42. The molecule has 0 N–H and O–H groups in total. The highest BCUT2D eigenvalue weighted by Crippen LogP contribution is 2.47. The Kier molecular flexibility index (Phi) is 19.1. The monoisotopic (exact) mass is 540 g/mol. The quantitative estimate of drug-likeness (QED) is 0.214. The van der Waals surface area contributed by atoms with E-state index in [2.05, 4.69) is 16.9 Å². The minimum absolute atomic E-state index is 0.155. The van der Waals surface area contributed by atoms with Gasteiger partial charge in [-0.2, -0.15) is 10.5 Å². The summed E-state index contributed by atoms with van der Waals surface area (Å²) in [5.74, 6) is -0.158. The van der Waals surface area contributed by atoms with E-state index in [1.165, 1.54) is 0 Å². The van der Waals surface area contributed by atoms with E-state index in [0.717, 1.165) is 44.1 Å². The topological polar surface area (TPSA) is 153 Å². The first kappa shape index (κ1) is 34.5. The number of Topliss-reactive ketones (excluding diaryl/α,β-unsaturated/α-hetero) is 1. The number of hydrogen-bond donors (Lipinski definition) is 0. The first-order valence-electron chi connectivity index (χ1n) is 12.9. The van der Waals surface area contributed by atoms with E-state index in [-0.39, 0.29) is 43.8 Å². The van der Waals surface area contributed by atoms with Crippen molar-refractivity contribution in [3.63, 3.8) is 0 Å². The molecule has 0 amide bonds. The van der Waals surface area contributed by atoms with Gasteiger partial charge in [0.15, 0.2) is 0 Å². The van der Waals surface area contributed by atoms with Crippen LogP contribution in [0.5, 0.6) is 0 Å². The molecule has 0 aromatic rings. The van der Waals surface area contributed by atoms with Gasteiger partial charge in [0.2, 0.25) is 0 Å².